The van der Waals surface area contributed by atoms with Crippen molar-refractivity contribution in [2.45, 2.75) is 25.8 Å². The Balaban J connectivity index is 1.59. The highest BCUT2D eigenvalue weighted by Crippen LogP contribution is 2.04. The van der Waals surface area contributed by atoms with Crippen molar-refractivity contribution >= 4 is 18.0 Å². The maximum absolute atomic E-state index is 11.8. The highest BCUT2D eigenvalue weighted by molar-refractivity contribution is 5.77. The highest BCUT2D eigenvalue weighted by atomic mass is 17.2. The first-order chi connectivity index (χ1) is 13.5. The van der Waals surface area contributed by atoms with Crippen LogP contribution in [-0.4, -0.2) is 41.4 Å². The van der Waals surface area contributed by atoms with Crippen molar-refractivity contribution in [2.75, 3.05) is 13.6 Å². The van der Waals surface area contributed by atoms with Gasteiger partial charge >= 0.3 is 12.1 Å². The number of hydrogen-bond acceptors (Lipinski definition) is 6. The number of carbonyl (C=O) groups is 3. The van der Waals surface area contributed by atoms with E-state index in [2.05, 4.69) is 20.1 Å². The van der Waals surface area contributed by atoms with Gasteiger partial charge in [0, 0.05) is 39.0 Å². The predicted molar refractivity (Wildman–Crippen MR) is 101 cm³/mol. The van der Waals surface area contributed by atoms with Gasteiger partial charge in [0.05, 0.1) is 6.42 Å². The molecule has 8 heteroatoms. The van der Waals surface area contributed by atoms with Gasteiger partial charge in [0.1, 0.15) is 0 Å². The number of rotatable bonds is 8. The molecule has 0 aliphatic rings. The summed E-state index contributed by atoms with van der Waals surface area (Å²) >= 11 is 0. The molecule has 2 aromatic rings. The lowest BCUT2D eigenvalue weighted by molar-refractivity contribution is -0.236. The third kappa shape index (κ3) is 7.86. The van der Waals surface area contributed by atoms with Gasteiger partial charge < -0.3 is 10.2 Å². The van der Waals surface area contributed by atoms with Gasteiger partial charge in [-0.25, -0.2) is 19.4 Å². The summed E-state index contributed by atoms with van der Waals surface area (Å²) in [6, 6.07) is 13.1. The minimum absolute atomic E-state index is 0.0911. The zero-order valence-electron chi connectivity index (χ0n) is 15.7. The Bertz CT molecular complexity index is 768. The molecule has 1 aromatic carbocycles. The molecule has 0 bridgehead atoms. The van der Waals surface area contributed by atoms with Crippen molar-refractivity contribution in [1.29, 1.82) is 0 Å². The van der Waals surface area contributed by atoms with E-state index in [1.807, 2.05) is 36.4 Å². The minimum atomic E-state index is -0.840. The maximum atomic E-state index is 11.8. The number of amides is 2. The fourth-order valence-electron chi connectivity index (χ4n) is 2.23. The van der Waals surface area contributed by atoms with E-state index < -0.39 is 12.1 Å². The molecular weight excluding hydrogens is 362 g/mol. The third-order valence-corrected chi connectivity index (χ3v) is 3.86. The molecule has 1 aromatic heterocycles. The van der Waals surface area contributed by atoms with Gasteiger partial charge in [0.15, 0.2) is 0 Å². The number of nitrogens with one attached hydrogen (secondary N) is 1. The lowest BCUT2D eigenvalue weighted by Crippen LogP contribution is -2.33. The first-order valence-electron chi connectivity index (χ1n) is 8.86. The van der Waals surface area contributed by atoms with Crippen LogP contribution in [0.2, 0.25) is 0 Å². The third-order valence-electron chi connectivity index (χ3n) is 3.86. The molecule has 28 heavy (non-hydrogen) atoms. The fourth-order valence-corrected chi connectivity index (χ4v) is 2.23. The molecule has 0 atom stereocenters. The number of aryl methyl sites for hydroxylation is 1. The second kappa shape index (κ2) is 11.3. The molecule has 1 N–H and O–H groups in total. The molecule has 0 radical (unpaired) electrons. The Kier molecular flexibility index (Phi) is 8.45. The molecule has 0 unspecified atom stereocenters. The zero-order chi connectivity index (χ0) is 20.2. The summed E-state index contributed by atoms with van der Waals surface area (Å²) < 4.78 is 0. The Morgan fingerprint density at radius 1 is 1.00 bits per heavy atom. The number of pyridine rings is 1. The molecule has 2 amide bonds. The number of nitrogens with zero attached hydrogens (tertiary/aromatic N) is 2. The molecule has 2 rings (SSSR count). The molecule has 148 valence electrons. The van der Waals surface area contributed by atoms with E-state index in [0.717, 1.165) is 16.0 Å². The second-order valence-corrected chi connectivity index (χ2v) is 6.10. The highest BCUT2D eigenvalue weighted by Gasteiger charge is 2.15. The molecule has 1 heterocycles. The summed E-state index contributed by atoms with van der Waals surface area (Å²) in [5.74, 6) is -0.858. The van der Waals surface area contributed by atoms with Crippen LogP contribution in [0.5, 0.6) is 0 Å². The summed E-state index contributed by atoms with van der Waals surface area (Å²) in [6.07, 6.45) is 3.15. The van der Waals surface area contributed by atoms with Gasteiger partial charge in [-0.15, -0.1) is 0 Å². The minimum Gasteiger partial charge on any atom is -0.352 e. The zero-order valence-corrected chi connectivity index (χ0v) is 15.7. The average molecular weight is 385 g/mol. The molecule has 0 saturated carbocycles. The quantitative estimate of drug-likeness (QED) is 0.553. The Morgan fingerprint density at radius 3 is 2.46 bits per heavy atom. The number of carbonyl (C=O) groups excluding carboxylic acids is 3. The predicted octanol–water partition coefficient (Wildman–Crippen LogP) is 2.25. The van der Waals surface area contributed by atoms with Crippen molar-refractivity contribution in [3.8, 4) is 0 Å². The Hall–Kier alpha value is -3.42. The van der Waals surface area contributed by atoms with Gasteiger partial charge in [0.2, 0.25) is 5.91 Å². The lowest BCUT2D eigenvalue weighted by Gasteiger charge is -2.15. The maximum Gasteiger partial charge on any atom is 0.452 e. The molecular formula is C20H23N3O5. The Morgan fingerprint density at radius 2 is 1.75 bits per heavy atom. The molecule has 8 nitrogen and oxygen atoms in total. The smallest absolute Gasteiger partial charge is 0.352 e. The topological polar surface area (TPSA) is 97.8 Å². The first kappa shape index (κ1) is 20.9. The normalized spacial score (nSPS) is 10.0. The molecule has 0 aliphatic carbocycles. The molecule has 0 saturated heterocycles. The van der Waals surface area contributed by atoms with Crippen LogP contribution in [0.15, 0.2) is 54.9 Å². The first-order valence-corrected chi connectivity index (χ1v) is 8.86. The van der Waals surface area contributed by atoms with Crippen LogP contribution in [0.4, 0.5) is 4.79 Å². The summed E-state index contributed by atoms with van der Waals surface area (Å²) in [5, 5.41) is 2.73. The van der Waals surface area contributed by atoms with Crippen molar-refractivity contribution in [3.05, 3.63) is 66.0 Å². The summed E-state index contributed by atoms with van der Waals surface area (Å²) in [4.78, 5) is 49.4. The molecule has 0 fully saturated rings. The van der Waals surface area contributed by atoms with E-state index in [9.17, 15) is 14.4 Å². The lowest BCUT2D eigenvalue weighted by atomic mass is 10.1. The summed E-state index contributed by atoms with van der Waals surface area (Å²) in [7, 11) is 1.45. The van der Waals surface area contributed by atoms with Gasteiger partial charge in [0.25, 0.3) is 0 Å². The van der Waals surface area contributed by atoms with Gasteiger partial charge in [-0.1, -0.05) is 36.4 Å². The van der Waals surface area contributed by atoms with Gasteiger partial charge in [-0.2, -0.15) is 0 Å². The van der Waals surface area contributed by atoms with Crippen molar-refractivity contribution in [3.63, 3.8) is 0 Å². The van der Waals surface area contributed by atoms with Crippen molar-refractivity contribution in [2.24, 2.45) is 0 Å². The van der Waals surface area contributed by atoms with Crippen molar-refractivity contribution in [1.82, 2.24) is 15.2 Å². The largest absolute Gasteiger partial charge is 0.452 e. The van der Waals surface area contributed by atoms with Crippen LogP contribution in [-0.2, 0) is 32.3 Å². The number of hydrogen-bond donors (Lipinski definition) is 1. The van der Waals surface area contributed by atoms with E-state index in [4.69, 9.17) is 0 Å². The van der Waals surface area contributed by atoms with Gasteiger partial charge in [-0.05, 0) is 23.6 Å². The molecule has 0 spiro atoms. The number of benzene rings is 1. The SMILES string of the molecule is CN(CCC(=O)NCc1cccnc1)C(=O)OOC(=O)CCc1ccccc1. The van der Waals surface area contributed by atoms with Crippen LogP contribution >= 0.6 is 0 Å². The van der Waals surface area contributed by atoms with Crippen molar-refractivity contribution < 1.29 is 24.2 Å². The van der Waals surface area contributed by atoms with Crippen LogP contribution in [0.25, 0.3) is 0 Å². The fraction of sp³-hybridized carbons (Fsp3) is 0.300. The van der Waals surface area contributed by atoms with E-state index in [1.165, 1.54) is 7.05 Å². The number of aromatic nitrogens is 1. The standard InChI is InChI=1S/C20H23N3O5/c1-23(13-11-18(24)22-15-17-8-5-12-21-14-17)20(26)28-27-19(25)10-9-16-6-3-2-4-7-16/h2-8,12,14H,9-11,13,15H2,1H3,(H,22,24). The van der Waals surface area contributed by atoms with Crippen LogP contribution in [0.1, 0.15) is 24.0 Å². The van der Waals surface area contributed by atoms with Crippen LogP contribution < -0.4 is 5.32 Å². The van der Waals surface area contributed by atoms with Gasteiger partial charge in [-0.3, -0.25) is 9.78 Å². The average Bonchev–Trinajstić information content (AvgIpc) is 2.74. The Labute approximate surface area is 163 Å². The van der Waals surface area contributed by atoms with E-state index >= 15 is 0 Å². The van der Waals surface area contributed by atoms with E-state index in [1.54, 1.807) is 18.5 Å². The monoisotopic (exact) mass is 385 g/mol. The van der Waals surface area contributed by atoms with Crippen LogP contribution in [0.3, 0.4) is 0 Å². The summed E-state index contributed by atoms with van der Waals surface area (Å²) in [6.45, 7) is 0.485. The molecule has 0 aliphatic heterocycles. The summed E-state index contributed by atoms with van der Waals surface area (Å²) in [5.41, 5.74) is 1.87. The van der Waals surface area contributed by atoms with E-state index in [0.29, 0.717) is 13.0 Å². The van der Waals surface area contributed by atoms with E-state index in [-0.39, 0.29) is 25.3 Å². The second-order valence-electron chi connectivity index (χ2n) is 6.10. The van der Waals surface area contributed by atoms with Crippen LogP contribution in [0, 0.1) is 0 Å².